The Morgan fingerprint density at radius 1 is 0.889 bits per heavy atom. The van der Waals surface area contributed by atoms with Crippen LogP contribution in [0.4, 0.5) is 11.4 Å². The van der Waals surface area contributed by atoms with Crippen LogP contribution in [-0.2, 0) is 0 Å². The van der Waals surface area contributed by atoms with Gasteiger partial charge in [0.05, 0.1) is 23.5 Å². The number of hydrogen-bond donors (Lipinski definition) is 2. The highest BCUT2D eigenvalue weighted by Gasteiger charge is 2.34. The van der Waals surface area contributed by atoms with Gasteiger partial charge in [0.25, 0.3) is 0 Å². The first kappa shape index (κ1) is 9.83. The van der Waals surface area contributed by atoms with Gasteiger partial charge in [-0.25, -0.2) is 0 Å². The topological polar surface area (TPSA) is 33.3 Å². The second-order valence-corrected chi connectivity index (χ2v) is 4.77. The van der Waals surface area contributed by atoms with Gasteiger partial charge in [-0.2, -0.15) is 0 Å². The van der Waals surface area contributed by atoms with Crippen LogP contribution >= 0.6 is 0 Å². The molecule has 0 amide bonds. The lowest BCUT2D eigenvalue weighted by Gasteiger charge is -2.40. The predicted molar refractivity (Wildman–Crippen MR) is 72.2 cm³/mol. The highest BCUT2D eigenvalue weighted by atomic mass is 16.5. The van der Waals surface area contributed by atoms with Crippen LogP contribution in [0.2, 0.25) is 0 Å². The average molecular weight is 238 g/mol. The molecule has 0 aliphatic carbocycles. The summed E-state index contributed by atoms with van der Waals surface area (Å²) < 4.78 is 5.81. The fourth-order valence-electron chi connectivity index (χ4n) is 2.77. The minimum Gasteiger partial charge on any atom is -0.491 e. The number of benzene rings is 2. The molecule has 0 spiro atoms. The smallest absolute Gasteiger partial charge is 0.124 e. The molecule has 18 heavy (non-hydrogen) atoms. The molecule has 2 aliphatic heterocycles. The molecule has 4 rings (SSSR count). The number of ether oxygens (including phenoxy) is 1. The van der Waals surface area contributed by atoms with Crippen LogP contribution in [0.25, 0.3) is 0 Å². The van der Waals surface area contributed by atoms with Crippen molar-refractivity contribution in [2.24, 2.45) is 0 Å². The van der Waals surface area contributed by atoms with Gasteiger partial charge in [0, 0.05) is 5.56 Å². The Hall–Kier alpha value is -2.16. The van der Waals surface area contributed by atoms with Crippen LogP contribution in [0.5, 0.6) is 5.75 Å². The van der Waals surface area contributed by atoms with E-state index in [-0.39, 0.29) is 12.1 Å². The van der Waals surface area contributed by atoms with Crippen molar-refractivity contribution in [3.05, 3.63) is 54.1 Å². The summed E-state index contributed by atoms with van der Waals surface area (Å²) in [6.45, 7) is 0.697. The van der Waals surface area contributed by atoms with Crippen molar-refractivity contribution in [2.75, 3.05) is 17.2 Å². The Balaban J connectivity index is 1.79. The van der Waals surface area contributed by atoms with Crippen LogP contribution in [0, 0.1) is 0 Å². The van der Waals surface area contributed by atoms with Crippen LogP contribution in [-0.4, -0.2) is 12.6 Å². The van der Waals surface area contributed by atoms with E-state index in [4.69, 9.17) is 4.74 Å². The second kappa shape index (κ2) is 3.67. The van der Waals surface area contributed by atoms with E-state index in [9.17, 15) is 0 Å². The third kappa shape index (κ3) is 1.37. The zero-order chi connectivity index (χ0) is 11.9. The molecule has 0 radical (unpaired) electrons. The molecule has 0 unspecified atom stereocenters. The van der Waals surface area contributed by atoms with Crippen molar-refractivity contribution >= 4 is 11.4 Å². The molecule has 2 aliphatic rings. The summed E-state index contributed by atoms with van der Waals surface area (Å²) in [5.41, 5.74) is 3.55. The average Bonchev–Trinajstić information content (AvgIpc) is 2.45. The largest absolute Gasteiger partial charge is 0.491 e. The van der Waals surface area contributed by atoms with Crippen molar-refractivity contribution in [3.8, 4) is 5.75 Å². The Morgan fingerprint density at radius 3 is 2.50 bits per heavy atom. The predicted octanol–water partition coefficient (Wildman–Crippen LogP) is 3.03. The van der Waals surface area contributed by atoms with E-state index in [0.717, 1.165) is 17.1 Å². The molecule has 0 fully saturated rings. The van der Waals surface area contributed by atoms with Crippen molar-refractivity contribution in [1.82, 2.24) is 0 Å². The van der Waals surface area contributed by atoms with Gasteiger partial charge in [0.2, 0.25) is 0 Å². The zero-order valence-corrected chi connectivity index (χ0v) is 9.89. The monoisotopic (exact) mass is 238 g/mol. The highest BCUT2D eigenvalue weighted by Crippen LogP contribution is 2.40. The molecule has 0 saturated carbocycles. The van der Waals surface area contributed by atoms with Gasteiger partial charge in [0.1, 0.15) is 12.4 Å². The molecule has 0 saturated heterocycles. The van der Waals surface area contributed by atoms with Gasteiger partial charge < -0.3 is 15.4 Å². The number of fused-ring (bicyclic) bond motifs is 4. The van der Waals surface area contributed by atoms with Gasteiger partial charge in [-0.3, -0.25) is 0 Å². The molecular formula is C15H14N2O. The summed E-state index contributed by atoms with van der Waals surface area (Å²) in [4.78, 5) is 0. The van der Waals surface area contributed by atoms with Crippen molar-refractivity contribution in [2.45, 2.75) is 12.1 Å². The van der Waals surface area contributed by atoms with Gasteiger partial charge >= 0.3 is 0 Å². The summed E-state index contributed by atoms with van der Waals surface area (Å²) in [6, 6.07) is 17.1. The fraction of sp³-hybridized carbons (Fsp3) is 0.200. The van der Waals surface area contributed by atoms with E-state index in [2.05, 4.69) is 41.0 Å². The number of nitrogens with one attached hydrogen (secondary N) is 2. The number of anilines is 2. The quantitative estimate of drug-likeness (QED) is 0.740. The highest BCUT2D eigenvalue weighted by molar-refractivity contribution is 5.73. The molecule has 90 valence electrons. The third-order valence-corrected chi connectivity index (χ3v) is 3.65. The van der Waals surface area contributed by atoms with E-state index >= 15 is 0 Å². The summed E-state index contributed by atoms with van der Waals surface area (Å²) >= 11 is 0. The molecule has 0 aromatic heterocycles. The molecule has 2 aromatic rings. The molecule has 2 heterocycles. The van der Waals surface area contributed by atoms with Crippen LogP contribution in [0.15, 0.2) is 48.5 Å². The van der Waals surface area contributed by atoms with Crippen LogP contribution in [0.1, 0.15) is 11.6 Å². The number of hydrogen-bond acceptors (Lipinski definition) is 3. The SMILES string of the molecule is c1ccc2c(c1)N[C@H]1COc3ccccc3[C@H]1N2. The summed E-state index contributed by atoms with van der Waals surface area (Å²) in [7, 11) is 0. The lowest BCUT2D eigenvalue weighted by atomic mass is 9.93. The van der Waals surface area contributed by atoms with E-state index in [0.29, 0.717) is 6.61 Å². The summed E-state index contributed by atoms with van der Waals surface area (Å²) in [5, 5.41) is 7.16. The lowest BCUT2D eigenvalue weighted by molar-refractivity contribution is 0.255. The van der Waals surface area contributed by atoms with E-state index < -0.39 is 0 Å². The van der Waals surface area contributed by atoms with Crippen LogP contribution in [0.3, 0.4) is 0 Å². The molecule has 2 atom stereocenters. The summed E-state index contributed by atoms with van der Waals surface area (Å²) in [6.07, 6.45) is 0. The molecule has 0 bridgehead atoms. The Labute approximate surface area is 106 Å². The molecular weight excluding hydrogens is 224 g/mol. The van der Waals surface area contributed by atoms with Crippen LogP contribution < -0.4 is 15.4 Å². The number of para-hydroxylation sites is 3. The molecule has 2 aromatic carbocycles. The first-order valence-corrected chi connectivity index (χ1v) is 6.26. The van der Waals surface area contributed by atoms with E-state index in [1.807, 2.05) is 18.2 Å². The standard InChI is InChI=1S/C15H14N2O/c1-4-8-14-10(5-1)15-13(9-18-14)16-11-6-2-3-7-12(11)17-15/h1-8,13,15-17H,9H2/t13-,15+/m0/s1. The van der Waals surface area contributed by atoms with Gasteiger partial charge in [-0.15, -0.1) is 0 Å². The lowest BCUT2D eigenvalue weighted by Crippen LogP contribution is -2.43. The molecule has 3 nitrogen and oxygen atoms in total. The van der Waals surface area contributed by atoms with Gasteiger partial charge in [0.15, 0.2) is 0 Å². The Bertz CT molecular complexity index is 597. The Morgan fingerprint density at radius 2 is 1.61 bits per heavy atom. The first-order chi connectivity index (χ1) is 8.92. The minimum absolute atomic E-state index is 0.282. The van der Waals surface area contributed by atoms with Crippen molar-refractivity contribution in [1.29, 1.82) is 0 Å². The zero-order valence-electron chi connectivity index (χ0n) is 9.89. The minimum atomic E-state index is 0.282. The maximum absolute atomic E-state index is 5.81. The van der Waals surface area contributed by atoms with Gasteiger partial charge in [-0.05, 0) is 18.2 Å². The maximum atomic E-state index is 5.81. The molecule has 3 heteroatoms. The summed E-state index contributed by atoms with van der Waals surface area (Å²) in [5.74, 6) is 0.993. The second-order valence-electron chi connectivity index (χ2n) is 4.77. The fourth-order valence-corrected chi connectivity index (χ4v) is 2.77. The normalized spacial score (nSPS) is 23.6. The molecule has 2 N–H and O–H groups in total. The maximum Gasteiger partial charge on any atom is 0.124 e. The van der Waals surface area contributed by atoms with E-state index in [1.54, 1.807) is 0 Å². The van der Waals surface area contributed by atoms with Crippen molar-refractivity contribution < 1.29 is 4.74 Å². The van der Waals surface area contributed by atoms with Gasteiger partial charge in [-0.1, -0.05) is 30.3 Å². The Kier molecular flexibility index (Phi) is 2.00. The number of rotatable bonds is 0. The third-order valence-electron chi connectivity index (χ3n) is 3.65. The first-order valence-electron chi connectivity index (χ1n) is 6.26. The van der Waals surface area contributed by atoms with E-state index in [1.165, 1.54) is 5.56 Å². The van der Waals surface area contributed by atoms with Crippen molar-refractivity contribution in [3.63, 3.8) is 0 Å².